The van der Waals surface area contributed by atoms with Crippen LogP contribution in [0.4, 0.5) is 0 Å². The first-order valence-corrected chi connectivity index (χ1v) is 8.97. The Morgan fingerprint density at radius 2 is 1.58 bits per heavy atom. The van der Waals surface area contributed by atoms with Crippen molar-refractivity contribution < 1.29 is 19.4 Å². The van der Waals surface area contributed by atoms with E-state index in [9.17, 15) is 9.59 Å². The number of unbranched alkanes of at least 4 members (excludes halogenated alkanes) is 6. The molecule has 0 saturated carbocycles. The fourth-order valence-electron chi connectivity index (χ4n) is 2.88. The summed E-state index contributed by atoms with van der Waals surface area (Å²) in [5, 5.41) is 8.77. The van der Waals surface area contributed by atoms with Gasteiger partial charge in [-0.05, 0) is 25.3 Å². The summed E-state index contributed by atoms with van der Waals surface area (Å²) >= 11 is 0. The molecule has 0 aliphatic heterocycles. The van der Waals surface area contributed by atoms with E-state index >= 15 is 0 Å². The van der Waals surface area contributed by atoms with Crippen molar-refractivity contribution in [3.8, 4) is 0 Å². The number of esters is 1. The highest BCUT2D eigenvalue weighted by Gasteiger charge is 2.31. The zero-order chi connectivity index (χ0) is 17.8. The minimum atomic E-state index is -1.16. The number of carbonyl (C=O) groups is 2. The summed E-state index contributed by atoms with van der Waals surface area (Å²) < 4.78 is 5.56. The predicted molar refractivity (Wildman–Crippen MR) is 94.7 cm³/mol. The van der Waals surface area contributed by atoms with E-state index in [2.05, 4.69) is 6.92 Å². The van der Waals surface area contributed by atoms with E-state index in [4.69, 9.17) is 9.84 Å². The van der Waals surface area contributed by atoms with Crippen LogP contribution >= 0.6 is 0 Å². The molecule has 0 amide bonds. The lowest BCUT2D eigenvalue weighted by atomic mass is 9.89. The van der Waals surface area contributed by atoms with Crippen molar-refractivity contribution in [1.29, 1.82) is 0 Å². The van der Waals surface area contributed by atoms with Crippen molar-refractivity contribution >= 4 is 11.9 Å². The molecule has 0 aliphatic rings. The second-order valence-electron chi connectivity index (χ2n) is 6.51. The summed E-state index contributed by atoms with van der Waals surface area (Å²) in [4.78, 5) is 22.6. The van der Waals surface area contributed by atoms with Gasteiger partial charge >= 0.3 is 11.9 Å². The minimum absolute atomic E-state index is 0.598. The maximum absolute atomic E-state index is 11.8. The molecule has 24 heavy (non-hydrogen) atoms. The Kier molecular flexibility index (Phi) is 9.13. The molecule has 1 aromatic carbocycles. The van der Waals surface area contributed by atoms with E-state index in [-0.39, 0.29) is 0 Å². The first-order valence-electron chi connectivity index (χ1n) is 8.97. The Hall–Kier alpha value is -1.84. The van der Waals surface area contributed by atoms with Crippen LogP contribution in [0.2, 0.25) is 0 Å². The number of hydrogen-bond donors (Lipinski definition) is 1. The Labute approximate surface area is 145 Å². The van der Waals surface area contributed by atoms with Gasteiger partial charge < -0.3 is 9.84 Å². The van der Waals surface area contributed by atoms with E-state index in [1.54, 1.807) is 0 Å². The Balaban J connectivity index is 2.58. The van der Waals surface area contributed by atoms with Gasteiger partial charge in [-0.3, -0.25) is 9.59 Å². The average Bonchev–Trinajstić information content (AvgIpc) is 2.54. The van der Waals surface area contributed by atoms with Crippen LogP contribution in [0.3, 0.4) is 0 Å². The summed E-state index contributed by atoms with van der Waals surface area (Å²) in [6, 6.07) is 9.58. The van der Waals surface area contributed by atoms with Gasteiger partial charge in [0.2, 0.25) is 0 Å². The molecule has 1 rings (SSSR count). The van der Waals surface area contributed by atoms with E-state index in [0.717, 1.165) is 18.4 Å². The third kappa shape index (κ3) is 7.62. The largest absolute Gasteiger partial charge is 0.481 e. The van der Waals surface area contributed by atoms with Crippen LogP contribution in [0.25, 0.3) is 0 Å². The molecule has 1 aromatic rings. The second kappa shape index (κ2) is 10.8. The molecule has 0 fully saturated rings. The molecule has 0 radical (unpaired) electrons. The molecule has 4 nitrogen and oxygen atoms in total. The lowest BCUT2D eigenvalue weighted by Gasteiger charge is -2.30. The molecule has 1 unspecified atom stereocenters. The normalized spacial score (nSPS) is 13.2. The number of rotatable bonds is 12. The first kappa shape index (κ1) is 20.2. The van der Waals surface area contributed by atoms with Gasteiger partial charge in [0.1, 0.15) is 12.0 Å². The second-order valence-corrected chi connectivity index (χ2v) is 6.51. The quantitative estimate of drug-likeness (QED) is 0.330. The number of ether oxygens (including phenoxy) is 1. The minimum Gasteiger partial charge on any atom is -0.481 e. The third-order valence-electron chi connectivity index (χ3n) is 4.28. The highest BCUT2D eigenvalue weighted by Crippen LogP contribution is 2.32. The molecule has 134 valence electrons. The van der Waals surface area contributed by atoms with Crippen molar-refractivity contribution in [2.24, 2.45) is 0 Å². The smallest absolute Gasteiger partial charge is 0.318 e. The van der Waals surface area contributed by atoms with Crippen LogP contribution < -0.4 is 0 Å². The summed E-state index contributed by atoms with van der Waals surface area (Å²) in [5.74, 6) is -1.84. The molecule has 0 aromatic heterocycles. The maximum atomic E-state index is 11.8. The van der Waals surface area contributed by atoms with Crippen molar-refractivity contribution in [3.63, 3.8) is 0 Å². The van der Waals surface area contributed by atoms with Crippen LogP contribution in [-0.4, -0.2) is 17.0 Å². The molecular weight excluding hydrogens is 304 g/mol. The van der Waals surface area contributed by atoms with Crippen LogP contribution in [-0.2, 0) is 19.9 Å². The first-order chi connectivity index (χ1) is 11.5. The number of carboxylic acids is 1. The van der Waals surface area contributed by atoms with Crippen molar-refractivity contribution in [1.82, 2.24) is 0 Å². The molecule has 0 heterocycles. The van der Waals surface area contributed by atoms with Gasteiger partial charge in [0.05, 0.1) is 0 Å². The van der Waals surface area contributed by atoms with Crippen molar-refractivity contribution in [2.75, 3.05) is 0 Å². The highest BCUT2D eigenvalue weighted by atomic mass is 16.6. The zero-order valence-corrected chi connectivity index (χ0v) is 14.9. The zero-order valence-electron chi connectivity index (χ0n) is 14.9. The number of aliphatic carboxylic acids is 1. The average molecular weight is 334 g/mol. The summed E-state index contributed by atoms with van der Waals surface area (Å²) in [6.45, 7) is 4.08. The lowest BCUT2D eigenvalue weighted by Crippen LogP contribution is -2.30. The van der Waals surface area contributed by atoms with E-state index < -0.39 is 24.0 Å². The van der Waals surface area contributed by atoms with Gasteiger partial charge in [-0.25, -0.2) is 0 Å². The number of carbonyl (C=O) groups excluding carboxylic acids is 1. The van der Waals surface area contributed by atoms with Gasteiger partial charge in [-0.15, -0.1) is 0 Å². The number of hydrogen-bond acceptors (Lipinski definition) is 3. The molecule has 0 aliphatic carbocycles. The highest BCUT2D eigenvalue weighted by molar-refractivity contribution is 5.90. The molecule has 1 atom stereocenters. The Bertz CT molecular complexity index is 498. The van der Waals surface area contributed by atoms with Gasteiger partial charge in [0.25, 0.3) is 0 Å². The standard InChI is InChI=1S/C20H30O4/c1-3-4-5-6-7-8-12-15-20(2,17-13-10-9-11-14-17)24-19(23)16-18(21)22/h9-11,13-14H,3-8,12,15-16H2,1-2H3,(H,21,22). The summed E-state index contributed by atoms with van der Waals surface area (Å²) in [7, 11) is 0. The van der Waals surface area contributed by atoms with Crippen LogP contribution in [0.5, 0.6) is 0 Å². The monoisotopic (exact) mass is 334 g/mol. The van der Waals surface area contributed by atoms with Crippen molar-refractivity contribution in [2.45, 2.75) is 77.2 Å². The van der Waals surface area contributed by atoms with Gasteiger partial charge in [0.15, 0.2) is 0 Å². The third-order valence-corrected chi connectivity index (χ3v) is 4.28. The fraction of sp³-hybridized carbons (Fsp3) is 0.600. The molecule has 0 bridgehead atoms. The van der Waals surface area contributed by atoms with Gasteiger partial charge in [-0.2, -0.15) is 0 Å². The van der Waals surface area contributed by atoms with E-state index in [1.807, 2.05) is 37.3 Å². The SMILES string of the molecule is CCCCCCCCCC(C)(OC(=O)CC(=O)O)c1ccccc1. The Morgan fingerprint density at radius 1 is 1.00 bits per heavy atom. The van der Waals surface area contributed by atoms with E-state index in [0.29, 0.717) is 6.42 Å². The fourth-order valence-corrected chi connectivity index (χ4v) is 2.88. The summed E-state index contributed by atoms with van der Waals surface area (Å²) in [5.41, 5.74) is 0.145. The lowest BCUT2D eigenvalue weighted by molar-refractivity contribution is -0.164. The molecular formula is C20H30O4. The molecule has 4 heteroatoms. The molecule has 1 N–H and O–H groups in total. The maximum Gasteiger partial charge on any atom is 0.318 e. The van der Waals surface area contributed by atoms with Crippen molar-refractivity contribution in [3.05, 3.63) is 35.9 Å². The number of carboxylic acid groups (broad SMARTS) is 1. The van der Waals surface area contributed by atoms with Gasteiger partial charge in [0, 0.05) is 0 Å². The predicted octanol–water partition coefficient (Wildman–Crippen LogP) is 5.06. The Morgan fingerprint density at radius 3 is 2.17 bits per heavy atom. The topological polar surface area (TPSA) is 63.6 Å². The van der Waals surface area contributed by atoms with Crippen LogP contribution in [0, 0.1) is 0 Å². The molecule has 0 saturated heterocycles. The number of benzene rings is 1. The van der Waals surface area contributed by atoms with Gasteiger partial charge in [-0.1, -0.05) is 75.8 Å². The van der Waals surface area contributed by atoms with E-state index in [1.165, 1.54) is 32.1 Å². The van der Waals surface area contributed by atoms with Crippen LogP contribution in [0.1, 0.15) is 77.2 Å². The molecule has 0 spiro atoms. The van der Waals surface area contributed by atoms with Crippen LogP contribution in [0.15, 0.2) is 30.3 Å². The summed E-state index contributed by atoms with van der Waals surface area (Å²) in [6.07, 6.45) is 8.40.